The van der Waals surface area contributed by atoms with E-state index in [0.29, 0.717) is 0 Å². The monoisotopic (exact) mass is 330 g/mol. The summed E-state index contributed by atoms with van der Waals surface area (Å²) in [6, 6.07) is 8.44. The van der Waals surface area contributed by atoms with Crippen molar-refractivity contribution in [2.75, 3.05) is 26.7 Å². The van der Waals surface area contributed by atoms with Crippen LogP contribution in [-0.4, -0.2) is 37.6 Å². The molecule has 24 heavy (non-hydrogen) atoms. The minimum atomic E-state index is 0.160. The highest BCUT2D eigenvalue weighted by Gasteiger charge is 2.31. The third-order valence-electron chi connectivity index (χ3n) is 5.42. The molecule has 0 spiro atoms. The number of carbonyl (C=O) groups excluding carboxylic acids is 1. The predicted molar refractivity (Wildman–Crippen MR) is 96.0 cm³/mol. The average Bonchev–Trinajstić information content (AvgIpc) is 2.59. The summed E-state index contributed by atoms with van der Waals surface area (Å²) in [6.07, 6.45) is 8.17. The first-order valence-electron chi connectivity index (χ1n) is 9.40. The number of hydrogen-bond acceptors (Lipinski definition) is 3. The lowest BCUT2D eigenvalue weighted by atomic mass is 9.87. The molecule has 2 aliphatic rings. The Kier molecular flexibility index (Phi) is 6.13. The van der Waals surface area contributed by atoms with Crippen molar-refractivity contribution < 1.29 is 9.53 Å². The van der Waals surface area contributed by atoms with Gasteiger partial charge in [-0.15, -0.1) is 0 Å². The van der Waals surface area contributed by atoms with E-state index in [0.717, 1.165) is 37.9 Å². The number of carbonyl (C=O) groups is 1. The van der Waals surface area contributed by atoms with Crippen LogP contribution in [0, 0.1) is 11.8 Å². The second kappa shape index (κ2) is 8.52. The van der Waals surface area contributed by atoms with Crippen molar-refractivity contribution >= 4 is 5.91 Å². The van der Waals surface area contributed by atoms with E-state index in [1.54, 1.807) is 7.05 Å². The van der Waals surface area contributed by atoms with Crippen LogP contribution in [0.25, 0.3) is 0 Å². The van der Waals surface area contributed by atoms with Gasteiger partial charge in [-0.25, -0.2) is 0 Å². The molecule has 4 nitrogen and oxygen atoms in total. The van der Waals surface area contributed by atoms with Crippen LogP contribution in [0.15, 0.2) is 24.3 Å². The van der Waals surface area contributed by atoms with Crippen molar-refractivity contribution in [1.82, 2.24) is 10.2 Å². The van der Waals surface area contributed by atoms with Crippen LogP contribution in [0.5, 0.6) is 5.75 Å². The number of nitrogens with one attached hydrogen (secondary N) is 1. The Labute approximate surface area is 145 Å². The molecule has 0 atom stereocenters. The van der Waals surface area contributed by atoms with Crippen molar-refractivity contribution in [2.24, 2.45) is 11.8 Å². The molecule has 1 aliphatic heterocycles. The Morgan fingerprint density at radius 3 is 2.54 bits per heavy atom. The number of rotatable bonds is 7. The Morgan fingerprint density at radius 2 is 1.88 bits per heavy atom. The van der Waals surface area contributed by atoms with Crippen molar-refractivity contribution in [1.29, 1.82) is 0 Å². The van der Waals surface area contributed by atoms with Gasteiger partial charge in [-0.3, -0.25) is 9.69 Å². The number of ether oxygens (including phenoxy) is 1. The maximum atomic E-state index is 11.5. The quantitative estimate of drug-likeness (QED) is 0.835. The number of amides is 1. The van der Waals surface area contributed by atoms with Crippen LogP contribution >= 0.6 is 0 Å². The molecule has 1 heterocycles. The van der Waals surface area contributed by atoms with Gasteiger partial charge in [-0.05, 0) is 30.0 Å². The fraction of sp³-hybridized carbons (Fsp3) is 0.650. The van der Waals surface area contributed by atoms with E-state index in [9.17, 15) is 4.79 Å². The summed E-state index contributed by atoms with van der Waals surface area (Å²) in [5.74, 6) is 2.17. The van der Waals surface area contributed by atoms with E-state index in [4.69, 9.17) is 4.74 Å². The lowest BCUT2D eigenvalue weighted by Crippen LogP contribution is -2.52. The lowest BCUT2D eigenvalue weighted by molar-refractivity contribution is -0.129. The number of hydrogen-bond donors (Lipinski definition) is 1. The fourth-order valence-corrected chi connectivity index (χ4v) is 3.84. The third-order valence-corrected chi connectivity index (χ3v) is 5.42. The summed E-state index contributed by atoms with van der Waals surface area (Å²) in [4.78, 5) is 13.8. The summed E-state index contributed by atoms with van der Waals surface area (Å²) in [7, 11) is 1.71. The van der Waals surface area contributed by atoms with Gasteiger partial charge in [0.2, 0.25) is 5.91 Å². The topological polar surface area (TPSA) is 41.6 Å². The van der Waals surface area contributed by atoms with Crippen LogP contribution in [0.1, 0.15) is 44.1 Å². The van der Waals surface area contributed by atoms with Crippen LogP contribution in [0.3, 0.4) is 0 Å². The van der Waals surface area contributed by atoms with Gasteiger partial charge in [-0.2, -0.15) is 0 Å². The van der Waals surface area contributed by atoms with Gasteiger partial charge in [0.05, 0.1) is 12.5 Å². The van der Waals surface area contributed by atoms with E-state index < -0.39 is 0 Å². The highest BCUT2D eigenvalue weighted by molar-refractivity contribution is 5.79. The van der Waals surface area contributed by atoms with Gasteiger partial charge < -0.3 is 10.1 Å². The molecule has 0 bridgehead atoms. The molecule has 1 aromatic rings. The second-order valence-corrected chi connectivity index (χ2v) is 7.29. The molecule has 0 radical (unpaired) electrons. The lowest BCUT2D eigenvalue weighted by Gasteiger charge is -2.38. The van der Waals surface area contributed by atoms with Crippen LogP contribution in [0.2, 0.25) is 0 Å². The van der Waals surface area contributed by atoms with Crippen LogP contribution in [0.4, 0.5) is 0 Å². The first-order chi connectivity index (χ1) is 11.7. The Morgan fingerprint density at radius 1 is 1.17 bits per heavy atom. The average molecular weight is 330 g/mol. The fourth-order valence-electron chi connectivity index (χ4n) is 3.84. The van der Waals surface area contributed by atoms with Crippen LogP contribution < -0.4 is 10.1 Å². The molecule has 2 fully saturated rings. The highest BCUT2D eigenvalue weighted by Crippen LogP contribution is 2.26. The molecule has 1 aliphatic carbocycles. The summed E-state index contributed by atoms with van der Waals surface area (Å²) in [6.45, 7) is 3.47. The van der Waals surface area contributed by atoms with Gasteiger partial charge in [0, 0.05) is 26.7 Å². The standard InChI is InChI=1S/C20H30N2O2/c1-21-20(23)18-14-22(15-18)13-17-7-9-19(10-8-17)24-12-11-16-5-3-2-4-6-16/h7-10,16,18H,2-6,11-15H2,1H3,(H,21,23). The molecule has 1 N–H and O–H groups in total. The zero-order valence-electron chi connectivity index (χ0n) is 14.8. The molecule has 1 saturated heterocycles. The van der Waals surface area contributed by atoms with E-state index >= 15 is 0 Å². The van der Waals surface area contributed by atoms with Crippen molar-refractivity contribution in [2.45, 2.75) is 45.1 Å². The number of benzene rings is 1. The van der Waals surface area contributed by atoms with Gasteiger partial charge in [0.15, 0.2) is 0 Å². The van der Waals surface area contributed by atoms with Crippen LogP contribution in [-0.2, 0) is 11.3 Å². The zero-order chi connectivity index (χ0) is 16.8. The molecule has 1 amide bonds. The molecule has 3 rings (SSSR count). The van der Waals surface area contributed by atoms with Gasteiger partial charge >= 0.3 is 0 Å². The largest absolute Gasteiger partial charge is 0.494 e. The molecule has 1 aromatic carbocycles. The molecule has 1 saturated carbocycles. The minimum Gasteiger partial charge on any atom is -0.494 e. The van der Waals surface area contributed by atoms with E-state index in [1.807, 2.05) is 0 Å². The van der Waals surface area contributed by atoms with Crippen molar-refractivity contribution in [3.63, 3.8) is 0 Å². The Bertz CT molecular complexity index is 517. The van der Waals surface area contributed by atoms with Crippen molar-refractivity contribution in [3.8, 4) is 5.75 Å². The van der Waals surface area contributed by atoms with E-state index in [-0.39, 0.29) is 11.8 Å². The summed E-state index contributed by atoms with van der Waals surface area (Å²) in [5, 5.41) is 2.72. The number of likely N-dealkylation sites (tertiary alicyclic amines) is 1. The third kappa shape index (κ3) is 4.73. The Hall–Kier alpha value is -1.55. The summed E-state index contributed by atoms with van der Waals surface area (Å²) >= 11 is 0. The second-order valence-electron chi connectivity index (χ2n) is 7.29. The van der Waals surface area contributed by atoms with Crippen molar-refractivity contribution in [3.05, 3.63) is 29.8 Å². The minimum absolute atomic E-state index is 0.160. The molecular weight excluding hydrogens is 300 g/mol. The molecule has 132 valence electrons. The summed E-state index contributed by atoms with van der Waals surface area (Å²) < 4.78 is 5.91. The maximum absolute atomic E-state index is 11.5. The first-order valence-corrected chi connectivity index (χ1v) is 9.40. The maximum Gasteiger partial charge on any atom is 0.225 e. The normalized spacial score (nSPS) is 19.7. The molecule has 0 aromatic heterocycles. The highest BCUT2D eigenvalue weighted by atomic mass is 16.5. The zero-order valence-corrected chi connectivity index (χ0v) is 14.8. The van der Waals surface area contributed by atoms with E-state index in [2.05, 4.69) is 34.5 Å². The predicted octanol–water partition coefficient (Wildman–Crippen LogP) is 3.21. The number of nitrogens with zero attached hydrogens (tertiary/aromatic N) is 1. The van der Waals surface area contributed by atoms with Gasteiger partial charge in [0.1, 0.15) is 5.75 Å². The smallest absolute Gasteiger partial charge is 0.225 e. The molecular formula is C20H30N2O2. The SMILES string of the molecule is CNC(=O)C1CN(Cc2ccc(OCCC3CCCCC3)cc2)C1. The van der Waals surface area contributed by atoms with Gasteiger partial charge in [-0.1, -0.05) is 44.2 Å². The molecule has 0 unspecified atom stereocenters. The first kappa shape index (κ1) is 17.3. The molecule has 4 heteroatoms. The van der Waals surface area contributed by atoms with Gasteiger partial charge in [0.25, 0.3) is 0 Å². The summed E-state index contributed by atoms with van der Waals surface area (Å²) in [5.41, 5.74) is 1.28. The van der Waals surface area contributed by atoms with E-state index in [1.165, 1.54) is 44.1 Å². The Balaban J connectivity index is 1.35.